The zero-order chi connectivity index (χ0) is 15.8. The van der Waals surface area contributed by atoms with E-state index in [2.05, 4.69) is 0 Å². The summed E-state index contributed by atoms with van der Waals surface area (Å²) in [5.41, 5.74) is -0.695. The van der Waals surface area contributed by atoms with E-state index in [9.17, 15) is 14.9 Å². The Bertz CT molecular complexity index is 604. The Kier molecular flexibility index (Phi) is 4.41. The number of nitro benzene ring substituents is 1. The summed E-state index contributed by atoms with van der Waals surface area (Å²) in [4.78, 5) is 24.4. The molecule has 1 aromatic carbocycles. The summed E-state index contributed by atoms with van der Waals surface area (Å²) < 4.78 is 5.54. The number of carbonyl (C=O) groups is 1. The molecule has 0 unspecified atom stereocenters. The first-order valence-corrected chi connectivity index (χ1v) is 7.03. The molecule has 1 aliphatic heterocycles. The van der Waals surface area contributed by atoms with Crippen LogP contribution in [0.2, 0.25) is 10.0 Å². The lowest BCUT2D eigenvalue weighted by molar-refractivity contribution is -0.384. The molecule has 0 saturated carbocycles. The molecule has 0 spiro atoms. The largest absolute Gasteiger partial charge is 0.372 e. The van der Waals surface area contributed by atoms with Crippen molar-refractivity contribution in [2.45, 2.75) is 19.4 Å². The van der Waals surface area contributed by atoms with Crippen molar-refractivity contribution in [2.24, 2.45) is 0 Å². The summed E-state index contributed by atoms with van der Waals surface area (Å²) in [6.45, 7) is 4.92. The first-order valence-electron chi connectivity index (χ1n) is 6.28. The van der Waals surface area contributed by atoms with Gasteiger partial charge in [0.25, 0.3) is 11.6 Å². The molecule has 0 aliphatic carbocycles. The SMILES string of the molecule is CC1(C)CN(C(=O)c2cc([N+](=O)[O-])cc(Cl)c2Cl)CCO1. The monoisotopic (exact) mass is 332 g/mol. The van der Waals surface area contributed by atoms with Crippen LogP contribution >= 0.6 is 23.2 Å². The maximum absolute atomic E-state index is 12.5. The van der Waals surface area contributed by atoms with E-state index in [0.29, 0.717) is 19.7 Å². The van der Waals surface area contributed by atoms with E-state index >= 15 is 0 Å². The number of non-ortho nitro benzene ring substituents is 1. The Morgan fingerprint density at radius 3 is 2.67 bits per heavy atom. The Morgan fingerprint density at radius 1 is 1.43 bits per heavy atom. The predicted molar refractivity (Wildman–Crippen MR) is 79.1 cm³/mol. The van der Waals surface area contributed by atoms with Gasteiger partial charge in [0.1, 0.15) is 0 Å². The first-order chi connectivity index (χ1) is 9.71. The number of nitrogens with zero attached hydrogens (tertiary/aromatic N) is 2. The van der Waals surface area contributed by atoms with E-state index in [4.69, 9.17) is 27.9 Å². The minimum atomic E-state index is -0.609. The van der Waals surface area contributed by atoms with Crippen LogP contribution in [0.15, 0.2) is 12.1 Å². The van der Waals surface area contributed by atoms with E-state index in [1.807, 2.05) is 13.8 Å². The summed E-state index contributed by atoms with van der Waals surface area (Å²) in [6.07, 6.45) is 0. The maximum Gasteiger partial charge on any atom is 0.271 e. The second kappa shape index (κ2) is 5.79. The van der Waals surface area contributed by atoms with Gasteiger partial charge in [-0.25, -0.2) is 0 Å². The van der Waals surface area contributed by atoms with E-state index in [1.165, 1.54) is 0 Å². The number of halogens is 2. The van der Waals surface area contributed by atoms with E-state index in [1.54, 1.807) is 4.90 Å². The fourth-order valence-corrected chi connectivity index (χ4v) is 2.60. The summed E-state index contributed by atoms with van der Waals surface area (Å²) in [6, 6.07) is 2.28. The second-order valence-corrected chi connectivity index (χ2v) is 6.17. The van der Waals surface area contributed by atoms with Crippen LogP contribution in [0, 0.1) is 10.1 Å². The molecule has 0 radical (unpaired) electrons. The lowest BCUT2D eigenvalue weighted by atomic mass is 10.1. The second-order valence-electron chi connectivity index (χ2n) is 5.38. The third-order valence-corrected chi connectivity index (χ3v) is 3.97. The zero-order valence-electron chi connectivity index (χ0n) is 11.6. The molecule has 0 N–H and O–H groups in total. The van der Waals surface area contributed by atoms with Crippen molar-refractivity contribution in [3.63, 3.8) is 0 Å². The van der Waals surface area contributed by atoms with Gasteiger partial charge in [-0.15, -0.1) is 0 Å². The number of ether oxygens (including phenoxy) is 1. The predicted octanol–water partition coefficient (Wildman–Crippen LogP) is 3.15. The Labute approximate surface area is 131 Å². The molecule has 1 aromatic rings. The molecule has 0 atom stereocenters. The average molecular weight is 333 g/mol. The molecule has 2 rings (SSSR count). The summed E-state index contributed by atoms with van der Waals surface area (Å²) in [5.74, 6) is -0.387. The molecule has 0 aromatic heterocycles. The molecule has 1 heterocycles. The number of rotatable bonds is 2. The lowest BCUT2D eigenvalue weighted by Crippen LogP contribution is -2.50. The number of benzene rings is 1. The van der Waals surface area contributed by atoms with Gasteiger partial charge < -0.3 is 9.64 Å². The van der Waals surface area contributed by atoms with Crippen LogP contribution in [0.4, 0.5) is 5.69 Å². The first kappa shape index (κ1) is 16.0. The normalized spacial score (nSPS) is 17.6. The number of carbonyl (C=O) groups excluding carboxylic acids is 1. The molecule has 6 nitrogen and oxygen atoms in total. The fraction of sp³-hybridized carbons (Fsp3) is 0.462. The van der Waals surface area contributed by atoms with Crippen LogP contribution in [0.3, 0.4) is 0 Å². The third kappa shape index (κ3) is 3.45. The summed E-state index contributed by atoms with van der Waals surface area (Å²) in [5, 5.41) is 10.9. The van der Waals surface area contributed by atoms with Gasteiger partial charge in [-0.05, 0) is 13.8 Å². The average Bonchev–Trinajstić information content (AvgIpc) is 2.39. The third-order valence-electron chi connectivity index (χ3n) is 3.17. The van der Waals surface area contributed by atoms with Crippen LogP contribution in [0.5, 0.6) is 0 Å². The van der Waals surface area contributed by atoms with Crippen molar-refractivity contribution >= 4 is 34.8 Å². The van der Waals surface area contributed by atoms with Crippen LogP contribution in [-0.2, 0) is 4.74 Å². The summed E-state index contributed by atoms with van der Waals surface area (Å²) in [7, 11) is 0. The van der Waals surface area contributed by atoms with Gasteiger partial charge in [0, 0.05) is 25.2 Å². The highest BCUT2D eigenvalue weighted by Gasteiger charge is 2.32. The van der Waals surface area contributed by atoms with Gasteiger partial charge in [-0.2, -0.15) is 0 Å². The fourth-order valence-electron chi connectivity index (χ4n) is 2.20. The van der Waals surface area contributed by atoms with Gasteiger partial charge in [0.05, 0.1) is 32.7 Å². The number of hydrogen-bond donors (Lipinski definition) is 0. The van der Waals surface area contributed by atoms with Crippen molar-refractivity contribution < 1.29 is 14.5 Å². The van der Waals surface area contributed by atoms with Gasteiger partial charge in [-0.3, -0.25) is 14.9 Å². The topological polar surface area (TPSA) is 72.7 Å². The number of nitro groups is 1. The number of hydrogen-bond acceptors (Lipinski definition) is 4. The number of morpholine rings is 1. The Balaban J connectivity index is 2.36. The van der Waals surface area contributed by atoms with Crippen molar-refractivity contribution in [3.05, 3.63) is 37.9 Å². The van der Waals surface area contributed by atoms with Gasteiger partial charge in [-0.1, -0.05) is 23.2 Å². The van der Waals surface area contributed by atoms with Crippen molar-refractivity contribution in [1.82, 2.24) is 4.90 Å². The molecular formula is C13H14Cl2N2O4. The van der Waals surface area contributed by atoms with E-state index < -0.39 is 10.5 Å². The van der Waals surface area contributed by atoms with Gasteiger partial charge in [0.2, 0.25) is 0 Å². The number of amides is 1. The van der Waals surface area contributed by atoms with E-state index in [-0.39, 0.29) is 27.2 Å². The molecule has 1 amide bonds. The van der Waals surface area contributed by atoms with Gasteiger partial charge >= 0.3 is 0 Å². The Morgan fingerprint density at radius 2 is 2.10 bits per heavy atom. The standard InChI is InChI=1S/C13H14Cl2N2O4/c1-13(2)7-16(3-4-21-13)12(18)9-5-8(17(19)20)6-10(14)11(9)15/h5-6H,3-4,7H2,1-2H3. The highest BCUT2D eigenvalue weighted by atomic mass is 35.5. The molecule has 21 heavy (non-hydrogen) atoms. The zero-order valence-corrected chi connectivity index (χ0v) is 13.1. The van der Waals surface area contributed by atoms with Crippen LogP contribution in [0.25, 0.3) is 0 Å². The molecule has 1 saturated heterocycles. The van der Waals surface area contributed by atoms with Crippen LogP contribution in [-0.4, -0.2) is 41.0 Å². The van der Waals surface area contributed by atoms with Crippen molar-refractivity contribution in [2.75, 3.05) is 19.7 Å². The smallest absolute Gasteiger partial charge is 0.271 e. The molecule has 114 valence electrons. The van der Waals surface area contributed by atoms with Crippen LogP contribution in [0.1, 0.15) is 24.2 Å². The molecular weight excluding hydrogens is 319 g/mol. The minimum absolute atomic E-state index is 0.0123. The van der Waals surface area contributed by atoms with Crippen molar-refractivity contribution in [1.29, 1.82) is 0 Å². The quantitative estimate of drug-likeness (QED) is 0.616. The maximum atomic E-state index is 12.5. The summed E-state index contributed by atoms with van der Waals surface area (Å²) >= 11 is 11.9. The highest BCUT2D eigenvalue weighted by Crippen LogP contribution is 2.32. The highest BCUT2D eigenvalue weighted by molar-refractivity contribution is 6.44. The lowest BCUT2D eigenvalue weighted by Gasteiger charge is -2.38. The van der Waals surface area contributed by atoms with Gasteiger partial charge in [0.15, 0.2) is 0 Å². The van der Waals surface area contributed by atoms with Crippen LogP contribution < -0.4 is 0 Å². The Hall–Kier alpha value is -1.37. The minimum Gasteiger partial charge on any atom is -0.372 e. The van der Waals surface area contributed by atoms with Crippen molar-refractivity contribution in [3.8, 4) is 0 Å². The molecule has 8 heteroatoms. The molecule has 1 fully saturated rings. The molecule has 0 bridgehead atoms. The molecule has 1 aliphatic rings. The van der Waals surface area contributed by atoms with E-state index in [0.717, 1.165) is 12.1 Å².